The summed E-state index contributed by atoms with van der Waals surface area (Å²) in [7, 11) is -3.63. The third-order valence-electron chi connectivity index (χ3n) is 3.61. The number of halogens is 1. The van der Waals surface area contributed by atoms with Crippen molar-refractivity contribution in [2.75, 3.05) is 5.73 Å². The molecule has 3 rings (SSSR count). The number of hydrogen-bond donors (Lipinski definition) is 2. The zero-order chi connectivity index (χ0) is 15.0. The van der Waals surface area contributed by atoms with Crippen LogP contribution in [-0.2, 0) is 16.4 Å². The van der Waals surface area contributed by atoms with E-state index in [4.69, 9.17) is 5.73 Å². The molecule has 0 amide bonds. The summed E-state index contributed by atoms with van der Waals surface area (Å²) in [5.74, 6) is 0. The summed E-state index contributed by atoms with van der Waals surface area (Å²) in [5.41, 5.74) is 7.17. The highest BCUT2D eigenvalue weighted by Gasteiger charge is 2.27. The maximum Gasteiger partial charge on any atom is 0.243 e. The summed E-state index contributed by atoms with van der Waals surface area (Å²) in [6.07, 6.45) is 2.84. The first-order chi connectivity index (χ1) is 9.97. The van der Waals surface area contributed by atoms with Crippen molar-refractivity contribution in [3.63, 3.8) is 0 Å². The lowest BCUT2D eigenvalue weighted by atomic mass is 9.95. The van der Waals surface area contributed by atoms with Crippen LogP contribution < -0.4 is 10.5 Å². The molecule has 1 aromatic carbocycles. The van der Waals surface area contributed by atoms with Crippen LogP contribution in [0.25, 0.3) is 0 Å². The molecule has 1 aliphatic carbocycles. The first-order valence-electron chi connectivity index (χ1n) is 6.61. The van der Waals surface area contributed by atoms with Gasteiger partial charge in [0.1, 0.15) is 4.90 Å². The highest BCUT2D eigenvalue weighted by Crippen LogP contribution is 2.35. The summed E-state index contributed by atoms with van der Waals surface area (Å²) in [6.45, 7) is 0. The van der Waals surface area contributed by atoms with Crippen molar-refractivity contribution in [1.29, 1.82) is 0 Å². The van der Waals surface area contributed by atoms with E-state index in [1.54, 1.807) is 23.5 Å². The Kier molecular flexibility index (Phi) is 4.09. The van der Waals surface area contributed by atoms with Crippen LogP contribution in [-0.4, -0.2) is 8.42 Å². The molecule has 1 heterocycles. The number of sulfonamides is 1. The van der Waals surface area contributed by atoms with Gasteiger partial charge in [0.25, 0.3) is 0 Å². The topological polar surface area (TPSA) is 72.2 Å². The van der Waals surface area contributed by atoms with Crippen molar-refractivity contribution < 1.29 is 8.42 Å². The van der Waals surface area contributed by atoms with E-state index < -0.39 is 10.0 Å². The first kappa shape index (κ1) is 15.0. The molecule has 21 heavy (non-hydrogen) atoms. The molecule has 0 aliphatic heterocycles. The highest BCUT2D eigenvalue weighted by molar-refractivity contribution is 9.10. The minimum absolute atomic E-state index is 0.124. The number of anilines is 1. The van der Waals surface area contributed by atoms with Crippen LogP contribution >= 0.6 is 27.3 Å². The molecule has 112 valence electrons. The van der Waals surface area contributed by atoms with Crippen LogP contribution in [0.4, 0.5) is 5.69 Å². The fourth-order valence-electron chi connectivity index (χ4n) is 2.60. The third-order valence-corrected chi connectivity index (χ3v) is 6.63. The van der Waals surface area contributed by atoms with Crippen LogP contribution in [0.15, 0.2) is 39.0 Å². The molecular weight excluding hydrogens is 372 g/mol. The molecule has 1 aromatic heterocycles. The second-order valence-corrected chi connectivity index (χ2v) is 8.65. The number of nitrogen functional groups attached to an aromatic ring is 1. The van der Waals surface area contributed by atoms with E-state index >= 15 is 0 Å². The smallest absolute Gasteiger partial charge is 0.243 e. The van der Waals surface area contributed by atoms with Gasteiger partial charge >= 0.3 is 0 Å². The Bertz CT molecular complexity index is 771. The Labute approximate surface area is 136 Å². The molecule has 2 aromatic rings. The lowest BCUT2D eigenvalue weighted by Gasteiger charge is -2.24. The maximum absolute atomic E-state index is 12.6. The van der Waals surface area contributed by atoms with E-state index in [0.29, 0.717) is 4.47 Å². The number of rotatable bonds is 3. The molecule has 1 atom stereocenters. The number of thiophene rings is 1. The van der Waals surface area contributed by atoms with Crippen molar-refractivity contribution in [3.8, 4) is 0 Å². The summed E-state index contributed by atoms with van der Waals surface area (Å²) in [4.78, 5) is 1.40. The zero-order valence-electron chi connectivity index (χ0n) is 11.2. The second-order valence-electron chi connectivity index (χ2n) is 5.05. The van der Waals surface area contributed by atoms with Crippen LogP contribution in [0.5, 0.6) is 0 Å². The Balaban J connectivity index is 1.93. The monoisotopic (exact) mass is 386 g/mol. The molecular formula is C14H15BrN2O2S2. The lowest BCUT2D eigenvalue weighted by molar-refractivity contribution is 0.511. The van der Waals surface area contributed by atoms with Gasteiger partial charge in [0.2, 0.25) is 10.0 Å². The molecule has 1 aliphatic rings. The Morgan fingerprint density at radius 1 is 1.33 bits per heavy atom. The van der Waals surface area contributed by atoms with Crippen LogP contribution in [0.3, 0.4) is 0 Å². The van der Waals surface area contributed by atoms with Crippen molar-refractivity contribution in [2.24, 2.45) is 0 Å². The number of aryl methyl sites for hydroxylation is 1. The zero-order valence-corrected chi connectivity index (χ0v) is 14.4. The van der Waals surface area contributed by atoms with Gasteiger partial charge in [-0.25, -0.2) is 13.1 Å². The summed E-state index contributed by atoms with van der Waals surface area (Å²) in [5, 5.41) is 2.02. The molecule has 0 bridgehead atoms. The van der Waals surface area contributed by atoms with E-state index in [9.17, 15) is 8.42 Å². The first-order valence-corrected chi connectivity index (χ1v) is 9.76. The van der Waals surface area contributed by atoms with Gasteiger partial charge in [-0.1, -0.05) is 15.9 Å². The average Bonchev–Trinajstić information content (AvgIpc) is 2.90. The molecule has 0 spiro atoms. The SMILES string of the molecule is Nc1ccc(Br)cc1S(=O)(=O)NC1CCCc2sccc21. The summed E-state index contributed by atoms with van der Waals surface area (Å²) < 4.78 is 28.7. The summed E-state index contributed by atoms with van der Waals surface area (Å²) >= 11 is 4.98. The molecule has 7 heteroatoms. The number of nitrogens with one attached hydrogen (secondary N) is 1. The minimum Gasteiger partial charge on any atom is -0.398 e. The quantitative estimate of drug-likeness (QED) is 0.793. The lowest BCUT2D eigenvalue weighted by Crippen LogP contribution is -2.31. The Hall–Kier alpha value is -0.890. The van der Waals surface area contributed by atoms with E-state index in [0.717, 1.165) is 24.8 Å². The Morgan fingerprint density at radius 2 is 2.14 bits per heavy atom. The van der Waals surface area contributed by atoms with Gasteiger partial charge in [0.05, 0.1) is 5.69 Å². The molecule has 0 saturated heterocycles. The second kappa shape index (κ2) is 5.72. The van der Waals surface area contributed by atoms with Crippen LogP contribution in [0, 0.1) is 0 Å². The van der Waals surface area contributed by atoms with Gasteiger partial charge in [0, 0.05) is 15.4 Å². The number of nitrogens with two attached hydrogens (primary N) is 1. The molecule has 4 nitrogen and oxygen atoms in total. The van der Waals surface area contributed by atoms with Crippen molar-refractivity contribution in [3.05, 3.63) is 44.6 Å². The average molecular weight is 387 g/mol. The van der Waals surface area contributed by atoms with Crippen molar-refractivity contribution in [2.45, 2.75) is 30.2 Å². The fraction of sp³-hybridized carbons (Fsp3) is 0.286. The molecule has 3 N–H and O–H groups in total. The predicted octanol–water partition coefficient (Wildman–Crippen LogP) is 3.45. The van der Waals surface area contributed by atoms with Gasteiger partial charge in [-0.2, -0.15) is 0 Å². The van der Waals surface area contributed by atoms with E-state index in [-0.39, 0.29) is 16.6 Å². The number of benzene rings is 1. The largest absolute Gasteiger partial charge is 0.398 e. The van der Waals surface area contributed by atoms with Crippen LogP contribution in [0.2, 0.25) is 0 Å². The molecule has 0 radical (unpaired) electrons. The van der Waals surface area contributed by atoms with E-state index in [1.807, 2.05) is 11.4 Å². The van der Waals surface area contributed by atoms with Gasteiger partial charge < -0.3 is 5.73 Å². The van der Waals surface area contributed by atoms with Gasteiger partial charge in [-0.05, 0) is 54.5 Å². The molecule has 0 saturated carbocycles. The number of fused-ring (bicyclic) bond motifs is 1. The normalized spacial score (nSPS) is 18.4. The number of hydrogen-bond acceptors (Lipinski definition) is 4. The molecule has 1 unspecified atom stereocenters. The van der Waals surface area contributed by atoms with Crippen molar-refractivity contribution in [1.82, 2.24) is 4.72 Å². The summed E-state index contributed by atoms with van der Waals surface area (Å²) in [6, 6.07) is 6.70. The van der Waals surface area contributed by atoms with E-state index in [1.165, 1.54) is 10.9 Å². The van der Waals surface area contributed by atoms with Gasteiger partial charge in [-0.15, -0.1) is 11.3 Å². The fourth-order valence-corrected chi connectivity index (χ4v) is 5.51. The van der Waals surface area contributed by atoms with Gasteiger partial charge in [-0.3, -0.25) is 0 Å². The minimum atomic E-state index is -3.63. The van der Waals surface area contributed by atoms with Crippen LogP contribution in [0.1, 0.15) is 29.3 Å². The van der Waals surface area contributed by atoms with Gasteiger partial charge in [0.15, 0.2) is 0 Å². The highest BCUT2D eigenvalue weighted by atomic mass is 79.9. The maximum atomic E-state index is 12.6. The third kappa shape index (κ3) is 3.01. The van der Waals surface area contributed by atoms with E-state index in [2.05, 4.69) is 20.7 Å². The van der Waals surface area contributed by atoms with Crippen molar-refractivity contribution >= 4 is 43.0 Å². The Morgan fingerprint density at radius 3 is 2.95 bits per heavy atom. The molecule has 0 fully saturated rings. The standard InChI is InChI=1S/C14H15BrN2O2S2/c15-9-4-5-11(16)14(8-9)21(18,19)17-12-2-1-3-13-10(12)6-7-20-13/h4-8,12,17H,1-3,16H2. The predicted molar refractivity (Wildman–Crippen MR) is 88.9 cm³/mol.